The van der Waals surface area contributed by atoms with Crippen molar-refractivity contribution in [2.75, 3.05) is 0 Å². The highest BCUT2D eigenvalue weighted by molar-refractivity contribution is 5.94. The van der Waals surface area contributed by atoms with Gasteiger partial charge in [0.2, 0.25) is 0 Å². The van der Waals surface area contributed by atoms with Crippen molar-refractivity contribution in [1.29, 1.82) is 0 Å². The summed E-state index contributed by atoms with van der Waals surface area (Å²) in [6.45, 7) is 9.91. The number of amides is 3. The number of carbonyl (C=O) groups is 2. The summed E-state index contributed by atoms with van der Waals surface area (Å²) in [6, 6.07) is 32.6. The van der Waals surface area contributed by atoms with E-state index in [4.69, 9.17) is 9.47 Å². The van der Waals surface area contributed by atoms with Crippen molar-refractivity contribution < 1.29 is 24.0 Å². The van der Waals surface area contributed by atoms with Gasteiger partial charge < -0.3 is 24.6 Å². The SMILES string of the molecule is CC(C)(C)NC(=O)c1cccc(CN2C(=O)N(Cc3cccc([N+](=O)[O-])c3)[C@H](Cc3ccccc3)[C@@H]3OC(C)(C)O[C@H]3[C@H]2Cc2ccccc2)c1. The number of nitrogens with zero attached hydrogens (tertiary/aromatic N) is 3. The van der Waals surface area contributed by atoms with Crippen LogP contribution in [-0.2, 0) is 35.4 Å². The first kappa shape index (κ1) is 35.8. The van der Waals surface area contributed by atoms with Gasteiger partial charge in [0.15, 0.2) is 5.79 Å². The van der Waals surface area contributed by atoms with Crippen LogP contribution in [0, 0.1) is 10.1 Å². The molecule has 2 saturated heterocycles. The summed E-state index contributed by atoms with van der Waals surface area (Å²) in [6.07, 6.45) is -0.0536. The average molecular weight is 691 g/mol. The minimum Gasteiger partial charge on any atom is -0.347 e. The fourth-order valence-corrected chi connectivity index (χ4v) is 7.13. The second kappa shape index (κ2) is 14.7. The third-order valence-corrected chi connectivity index (χ3v) is 9.29. The second-order valence-corrected chi connectivity index (χ2v) is 14.9. The third-order valence-electron chi connectivity index (χ3n) is 9.29. The molecule has 10 heteroatoms. The minimum atomic E-state index is -0.937. The lowest BCUT2D eigenvalue weighted by atomic mass is 9.91. The highest BCUT2D eigenvalue weighted by Crippen LogP contribution is 2.40. The maximum atomic E-state index is 15.3. The standard InChI is InChI=1S/C41H46N4O6/c1-40(2,3)42-38(46)32-20-12-18-30(22-32)26-43-34(24-28-14-8-6-9-15-28)36-37(51-41(4,5)50-36)35(25-29-16-10-7-11-17-29)44(39(43)47)27-31-19-13-21-33(23-31)45(48)49/h6-23,34-37H,24-27H2,1-5H3,(H,42,46)/t34-,35-,36+,37+/m1/s1. The maximum absolute atomic E-state index is 15.3. The van der Waals surface area contributed by atoms with E-state index in [0.29, 0.717) is 24.0 Å². The summed E-state index contributed by atoms with van der Waals surface area (Å²) in [5, 5.41) is 14.8. The van der Waals surface area contributed by atoms with Crippen LogP contribution in [0.5, 0.6) is 0 Å². The Morgan fingerprint density at radius 2 is 1.22 bits per heavy atom. The number of rotatable bonds is 10. The number of carbonyl (C=O) groups excluding carboxylic acids is 2. The fraction of sp³-hybridized carbons (Fsp3) is 0.366. The molecule has 4 atom stereocenters. The van der Waals surface area contributed by atoms with Crippen LogP contribution >= 0.6 is 0 Å². The number of urea groups is 1. The van der Waals surface area contributed by atoms with E-state index in [1.165, 1.54) is 12.1 Å². The smallest absolute Gasteiger partial charge is 0.321 e. The van der Waals surface area contributed by atoms with Gasteiger partial charge in [-0.2, -0.15) is 0 Å². The van der Waals surface area contributed by atoms with E-state index < -0.39 is 40.5 Å². The first-order valence-corrected chi connectivity index (χ1v) is 17.4. The summed E-state index contributed by atoms with van der Waals surface area (Å²) in [7, 11) is 0. The lowest BCUT2D eigenvalue weighted by Gasteiger charge is -2.37. The molecule has 0 saturated carbocycles. The number of ether oxygens (including phenoxy) is 2. The molecule has 51 heavy (non-hydrogen) atoms. The van der Waals surface area contributed by atoms with Gasteiger partial charge in [0.1, 0.15) is 12.2 Å². The Hall–Kier alpha value is -5.06. The number of hydrogen-bond acceptors (Lipinski definition) is 6. The van der Waals surface area contributed by atoms with Gasteiger partial charge in [0, 0.05) is 36.3 Å². The Labute approximate surface area is 299 Å². The van der Waals surface area contributed by atoms with Crippen molar-refractivity contribution in [2.45, 2.75) is 96.2 Å². The quantitative estimate of drug-likeness (QED) is 0.138. The second-order valence-electron chi connectivity index (χ2n) is 14.9. The van der Waals surface area contributed by atoms with E-state index in [9.17, 15) is 14.9 Å². The first-order chi connectivity index (χ1) is 24.3. The van der Waals surface area contributed by atoms with Crippen LogP contribution in [0.4, 0.5) is 10.5 Å². The van der Waals surface area contributed by atoms with Gasteiger partial charge in [0.25, 0.3) is 11.6 Å². The molecule has 3 amide bonds. The maximum Gasteiger partial charge on any atom is 0.321 e. The number of nitro groups is 1. The predicted molar refractivity (Wildman–Crippen MR) is 195 cm³/mol. The van der Waals surface area contributed by atoms with Crippen molar-refractivity contribution in [3.63, 3.8) is 0 Å². The molecule has 10 nitrogen and oxygen atoms in total. The molecule has 0 bridgehead atoms. The highest BCUT2D eigenvalue weighted by atomic mass is 16.8. The topological polar surface area (TPSA) is 114 Å². The van der Waals surface area contributed by atoms with E-state index in [1.807, 2.05) is 118 Å². The molecule has 0 aromatic heterocycles. The van der Waals surface area contributed by atoms with E-state index in [0.717, 1.165) is 16.7 Å². The van der Waals surface area contributed by atoms with Crippen molar-refractivity contribution in [3.8, 4) is 0 Å². The summed E-state index contributed by atoms with van der Waals surface area (Å²) >= 11 is 0. The number of hydrogen-bond donors (Lipinski definition) is 1. The first-order valence-electron chi connectivity index (χ1n) is 17.4. The Bertz CT molecular complexity index is 1860. The molecule has 4 aromatic carbocycles. The van der Waals surface area contributed by atoms with Gasteiger partial charge in [-0.25, -0.2) is 4.79 Å². The number of fused-ring (bicyclic) bond motifs is 1. The lowest BCUT2D eigenvalue weighted by Crippen LogP contribution is -2.51. The number of nitro benzene ring substituents is 1. The Balaban J connectivity index is 1.48. The number of benzene rings is 4. The minimum absolute atomic E-state index is 0.0435. The van der Waals surface area contributed by atoms with Crippen molar-refractivity contribution in [3.05, 3.63) is 147 Å². The Morgan fingerprint density at radius 1 is 0.745 bits per heavy atom. The molecule has 4 aromatic rings. The summed E-state index contributed by atoms with van der Waals surface area (Å²) in [4.78, 5) is 43.5. The fourth-order valence-electron chi connectivity index (χ4n) is 7.13. The molecule has 2 aliphatic rings. The van der Waals surface area contributed by atoms with Gasteiger partial charge in [0.05, 0.1) is 17.0 Å². The molecule has 0 spiro atoms. The van der Waals surface area contributed by atoms with Crippen LogP contribution in [-0.4, -0.2) is 62.3 Å². The van der Waals surface area contributed by atoms with E-state index in [1.54, 1.807) is 23.1 Å². The third kappa shape index (κ3) is 8.64. The van der Waals surface area contributed by atoms with Gasteiger partial charge in [-0.15, -0.1) is 0 Å². The average Bonchev–Trinajstić information content (AvgIpc) is 3.39. The van der Waals surface area contributed by atoms with Gasteiger partial charge >= 0.3 is 6.03 Å². The van der Waals surface area contributed by atoms with Crippen LogP contribution in [0.25, 0.3) is 0 Å². The zero-order valence-corrected chi connectivity index (χ0v) is 29.8. The summed E-state index contributed by atoms with van der Waals surface area (Å²) in [5.74, 6) is -1.13. The number of nitrogens with one attached hydrogen (secondary N) is 1. The molecule has 6 rings (SSSR count). The van der Waals surface area contributed by atoms with Crippen LogP contribution in [0.1, 0.15) is 67.2 Å². The summed E-state index contributed by atoms with van der Waals surface area (Å²) < 4.78 is 13.5. The largest absolute Gasteiger partial charge is 0.347 e. The van der Waals surface area contributed by atoms with Crippen LogP contribution in [0.3, 0.4) is 0 Å². The molecule has 1 N–H and O–H groups in total. The van der Waals surface area contributed by atoms with E-state index in [2.05, 4.69) is 5.32 Å². The molecule has 0 radical (unpaired) electrons. The predicted octanol–water partition coefficient (Wildman–Crippen LogP) is 7.30. The molecule has 0 unspecified atom stereocenters. The van der Waals surface area contributed by atoms with E-state index in [-0.39, 0.29) is 30.7 Å². The van der Waals surface area contributed by atoms with E-state index >= 15 is 4.79 Å². The van der Waals surface area contributed by atoms with Crippen molar-refractivity contribution >= 4 is 17.6 Å². The van der Waals surface area contributed by atoms with Crippen LogP contribution in [0.15, 0.2) is 109 Å². The van der Waals surface area contributed by atoms with Crippen molar-refractivity contribution in [2.24, 2.45) is 0 Å². The van der Waals surface area contributed by atoms with Gasteiger partial charge in [-0.3, -0.25) is 14.9 Å². The molecule has 266 valence electrons. The normalized spacial score (nSPS) is 21.5. The highest BCUT2D eigenvalue weighted by Gasteiger charge is 2.55. The van der Waals surface area contributed by atoms with Crippen LogP contribution < -0.4 is 5.32 Å². The van der Waals surface area contributed by atoms with Crippen LogP contribution in [0.2, 0.25) is 0 Å². The van der Waals surface area contributed by atoms with Gasteiger partial charge in [-0.1, -0.05) is 84.9 Å². The molecule has 0 aliphatic carbocycles. The molecule has 2 aliphatic heterocycles. The Morgan fingerprint density at radius 3 is 1.71 bits per heavy atom. The molecular weight excluding hydrogens is 644 g/mol. The van der Waals surface area contributed by atoms with Gasteiger partial charge in [-0.05, 0) is 81.8 Å². The Kier molecular flexibility index (Phi) is 10.3. The molecule has 2 fully saturated rings. The monoisotopic (exact) mass is 690 g/mol. The summed E-state index contributed by atoms with van der Waals surface area (Å²) in [5.41, 5.74) is 3.52. The molecule has 2 heterocycles. The number of non-ortho nitro benzene ring substituents is 1. The lowest BCUT2D eigenvalue weighted by molar-refractivity contribution is -0.384. The van der Waals surface area contributed by atoms with Crippen molar-refractivity contribution in [1.82, 2.24) is 15.1 Å². The zero-order chi connectivity index (χ0) is 36.3. The molecular formula is C41H46N4O6. The zero-order valence-electron chi connectivity index (χ0n) is 29.8.